The molecule has 0 N–H and O–H groups in total. The molecule has 1 aliphatic heterocycles. The number of hydrogen-bond donors (Lipinski definition) is 0. The van der Waals surface area contributed by atoms with Gasteiger partial charge in [-0.3, -0.25) is 9.36 Å². The number of carbonyl (C=O) groups is 1. The minimum Gasteiger partial charge on any atom is -0.461 e. The molecule has 1 saturated heterocycles. The van der Waals surface area contributed by atoms with Gasteiger partial charge in [-0.05, 0) is 55.6 Å². The molecular weight excluding hydrogens is 548 g/mol. The third-order valence-electron chi connectivity index (χ3n) is 8.62. The summed E-state index contributed by atoms with van der Waals surface area (Å²) in [4.78, 5) is 13.2. The molecule has 2 aliphatic carbocycles. The molecular formula is C29H42N4O5S2. The second-order valence-corrected chi connectivity index (χ2v) is 14.7. The molecule has 5 rings (SSSR count). The number of carbonyl (C=O) groups excluding carboxylic acids is 1. The van der Waals surface area contributed by atoms with Crippen LogP contribution in [0.3, 0.4) is 0 Å². The zero-order valence-electron chi connectivity index (χ0n) is 23.8. The van der Waals surface area contributed by atoms with Gasteiger partial charge in [0, 0.05) is 24.7 Å². The largest absolute Gasteiger partial charge is 0.461 e. The maximum atomic E-state index is 13.3. The first-order valence-corrected chi connectivity index (χ1v) is 17.1. The Morgan fingerprint density at radius 3 is 2.60 bits per heavy atom. The van der Waals surface area contributed by atoms with Crippen molar-refractivity contribution < 1.29 is 22.7 Å². The van der Waals surface area contributed by atoms with Gasteiger partial charge in [0.25, 0.3) is 0 Å². The summed E-state index contributed by atoms with van der Waals surface area (Å²) in [6.45, 7) is 8.15. The molecule has 3 fully saturated rings. The molecule has 1 aromatic heterocycles. The Morgan fingerprint density at radius 2 is 1.88 bits per heavy atom. The molecule has 40 heavy (non-hydrogen) atoms. The molecule has 0 radical (unpaired) electrons. The van der Waals surface area contributed by atoms with Crippen molar-refractivity contribution in [1.29, 1.82) is 0 Å². The number of nitrogens with zero attached hydrogens (tertiary/aromatic N) is 4. The van der Waals surface area contributed by atoms with Crippen LogP contribution in [0.2, 0.25) is 0 Å². The first kappa shape index (κ1) is 29.5. The van der Waals surface area contributed by atoms with E-state index in [2.05, 4.69) is 35.5 Å². The lowest BCUT2D eigenvalue weighted by atomic mass is 9.75. The van der Waals surface area contributed by atoms with Gasteiger partial charge in [0.2, 0.25) is 10.0 Å². The predicted molar refractivity (Wildman–Crippen MR) is 154 cm³/mol. The van der Waals surface area contributed by atoms with Crippen LogP contribution in [0.4, 0.5) is 0 Å². The van der Waals surface area contributed by atoms with Crippen LogP contribution in [0.15, 0.2) is 34.3 Å². The van der Waals surface area contributed by atoms with E-state index in [1.165, 1.54) is 22.5 Å². The van der Waals surface area contributed by atoms with Crippen LogP contribution in [-0.2, 0) is 24.3 Å². The third-order valence-corrected chi connectivity index (χ3v) is 11.4. The van der Waals surface area contributed by atoms with Crippen molar-refractivity contribution in [3.05, 3.63) is 24.3 Å². The van der Waals surface area contributed by atoms with Crippen LogP contribution in [0.1, 0.15) is 71.8 Å². The molecule has 11 heteroatoms. The van der Waals surface area contributed by atoms with Gasteiger partial charge < -0.3 is 9.47 Å². The first-order valence-electron chi connectivity index (χ1n) is 14.7. The number of aromatic nitrogens is 3. The summed E-state index contributed by atoms with van der Waals surface area (Å²) in [5.74, 6) is 2.05. The summed E-state index contributed by atoms with van der Waals surface area (Å²) in [6.07, 6.45) is 7.43. The van der Waals surface area contributed by atoms with E-state index in [4.69, 9.17) is 9.47 Å². The van der Waals surface area contributed by atoms with Crippen molar-refractivity contribution in [2.75, 3.05) is 32.1 Å². The molecule has 0 spiro atoms. The SMILES string of the molecule is CC(C)[C@@H]1CC[C@@H](C)C[C@@H]1OC(=O)CSc1nnc(-c2cccc(S(=O)(=O)N3CCOCC3)c2)n1C1CCCC1. The van der Waals surface area contributed by atoms with Crippen molar-refractivity contribution in [3.63, 3.8) is 0 Å². The normalized spacial score (nSPS) is 24.9. The minimum atomic E-state index is -3.64. The van der Waals surface area contributed by atoms with E-state index in [1.54, 1.807) is 18.2 Å². The van der Waals surface area contributed by atoms with Gasteiger partial charge in [-0.25, -0.2) is 8.42 Å². The maximum absolute atomic E-state index is 13.3. The Morgan fingerprint density at radius 1 is 1.12 bits per heavy atom. The number of thioether (sulfide) groups is 1. The molecule has 2 heterocycles. The second kappa shape index (κ2) is 12.9. The van der Waals surface area contributed by atoms with Crippen LogP contribution in [0.25, 0.3) is 11.4 Å². The van der Waals surface area contributed by atoms with Crippen LogP contribution in [-0.4, -0.2) is 71.6 Å². The molecule has 3 atom stereocenters. The van der Waals surface area contributed by atoms with Crippen molar-refractivity contribution in [3.8, 4) is 11.4 Å². The number of rotatable bonds is 9. The highest BCUT2D eigenvalue weighted by Gasteiger charge is 2.34. The predicted octanol–water partition coefficient (Wildman–Crippen LogP) is 5.18. The topological polar surface area (TPSA) is 104 Å². The van der Waals surface area contributed by atoms with Crippen molar-refractivity contribution in [2.24, 2.45) is 17.8 Å². The minimum absolute atomic E-state index is 0.0312. The van der Waals surface area contributed by atoms with Gasteiger partial charge in [-0.1, -0.05) is 63.9 Å². The van der Waals surface area contributed by atoms with Gasteiger partial charge >= 0.3 is 5.97 Å². The van der Waals surface area contributed by atoms with E-state index < -0.39 is 10.0 Å². The third kappa shape index (κ3) is 6.58. The van der Waals surface area contributed by atoms with Crippen LogP contribution < -0.4 is 0 Å². The lowest BCUT2D eigenvalue weighted by Gasteiger charge is -2.36. The summed E-state index contributed by atoms with van der Waals surface area (Å²) in [5.41, 5.74) is 0.708. The fourth-order valence-electron chi connectivity index (χ4n) is 6.37. The molecule has 0 bridgehead atoms. The number of ether oxygens (including phenoxy) is 2. The van der Waals surface area contributed by atoms with Crippen LogP contribution >= 0.6 is 11.8 Å². The van der Waals surface area contributed by atoms with E-state index in [1.807, 2.05) is 6.07 Å². The van der Waals surface area contributed by atoms with E-state index in [0.29, 0.717) is 60.6 Å². The van der Waals surface area contributed by atoms with Crippen molar-refractivity contribution in [2.45, 2.75) is 87.9 Å². The van der Waals surface area contributed by atoms with E-state index in [-0.39, 0.29) is 28.8 Å². The summed E-state index contributed by atoms with van der Waals surface area (Å²) in [5, 5.41) is 9.68. The lowest BCUT2D eigenvalue weighted by Crippen LogP contribution is -2.40. The van der Waals surface area contributed by atoms with Gasteiger partial charge in [0.05, 0.1) is 23.9 Å². The average Bonchev–Trinajstić information content (AvgIpc) is 3.62. The summed E-state index contributed by atoms with van der Waals surface area (Å²) >= 11 is 1.36. The Kier molecular flexibility index (Phi) is 9.54. The number of morpholine rings is 1. The molecule has 2 saturated carbocycles. The van der Waals surface area contributed by atoms with Crippen molar-refractivity contribution in [1.82, 2.24) is 19.1 Å². The number of hydrogen-bond acceptors (Lipinski definition) is 8. The standard InChI is InChI=1S/C29H42N4O5S2/c1-20(2)25-12-11-21(3)17-26(25)38-27(34)19-39-29-31-30-28(33(29)23-8-4-5-9-23)22-7-6-10-24(18-22)40(35,36)32-13-15-37-16-14-32/h6-7,10,18,20-21,23,25-26H,4-5,8-9,11-17,19H2,1-3H3/t21-,25+,26+/m1/s1. The quantitative estimate of drug-likeness (QED) is 0.291. The van der Waals surface area contributed by atoms with E-state index >= 15 is 0 Å². The fraction of sp³-hybridized carbons (Fsp3) is 0.690. The van der Waals surface area contributed by atoms with E-state index in [0.717, 1.165) is 38.5 Å². The van der Waals surface area contributed by atoms with Gasteiger partial charge in [-0.2, -0.15) is 4.31 Å². The van der Waals surface area contributed by atoms with E-state index in [9.17, 15) is 13.2 Å². The molecule has 0 amide bonds. The zero-order chi connectivity index (χ0) is 28.3. The fourth-order valence-corrected chi connectivity index (χ4v) is 8.61. The first-order chi connectivity index (χ1) is 19.2. The number of benzene rings is 1. The number of sulfonamides is 1. The lowest BCUT2D eigenvalue weighted by molar-refractivity contribution is -0.152. The Bertz CT molecular complexity index is 1270. The Hall–Kier alpha value is -1.95. The van der Waals surface area contributed by atoms with Gasteiger partial charge in [0.1, 0.15) is 6.10 Å². The number of esters is 1. The highest BCUT2D eigenvalue weighted by molar-refractivity contribution is 7.99. The highest BCUT2D eigenvalue weighted by atomic mass is 32.2. The zero-order valence-corrected chi connectivity index (χ0v) is 25.5. The maximum Gasteiger partial charge on any atom is 0.316 e. The molecule has 220 valence electrons. The molecule has 0 unspecified atom stereocenters. The molecule has 1 aromatic carbocycles. The molecule has 9 nitrogen and oxygen atoms in total. The van der Waals surface area contributed by atoms with Gasteiger partial charge in [-0.15, -0.1) is 10.2 Å². The van der Waals surface area contributed by atoms with Crippen LogP contribution in [0, 0.1) is 17.8 Å². The monoisotopic (exact) mass is 590 g/mol. The Labute approximate surface area is 242 Å². The summed E-state index contributed by atoms with van der Waals surface area (Å²) < 4.78 is 41.6. The van der Waals surface area contributed by atoms with Crippen LogP contribution in [0.5, 0.6) is 0 Å². The Balaban J connectivity index is 1.35. The smallest absolute Gasteiger partial charge is 0.316 e. The molecule has 2 aromatic rings. The highest BCUT2D eigenvalue weighted by Crippen LogP contribution is 2.38. The van der Waals surface area contributed by atoms with Crippen molar-refractivity contribution >= 4 is 27.8 Å². The summed E-state index contributed by atoms with van der Waals surface area (Å²) in [7, 11) is -3.64. The van der Waals surface area contributed by atoms with Gasteiger partial charge in [0.15, 0.2) is 11.0 Å². The average molecular weight is 591 g/mol. The second-order valence-electron chi connectivity index (χ2n) is 11.8. The summed E-state index contributed by atoms with van der Waals surface area (Å²) in [6, 6.07) is 7.18. The molecule has 3 aliphatic rings.